The predicted octanol–water partition coefficient (Wildman–Crippen LogP) is 2.36. The number of nitrogens with zero attached hydrogens (tertiary/aromatic N) is 1. The van der Waals surface area contributed by atoms with E-state index in [0.717, 1.165) is 0 Å². The van der Waals surface area contributed by atoms with Crippen LogP contribution in [0.4, 0.5) is 0 Å². The van der Waals surface area contributed by atoms with Crippen LogP contribution in [0.2, 0.25) is 0 Å². The third-order valence-electron chi connectivity index (χ3n) is 1.56. The van der Waals surface area contributed by atoms with E-state index in [-0.39, 0.29) is 0 Å². The van der Waals surface area contributed by atoms with Crippen molar-refractivity contribution in [2.24, 2.45) is 0 Å². The van der Waals surface area contributed by atoms with Gasteiger partial charge in [0.2, 0.25) is 0 Å². The van der Waals surface area contributed by atoms with Crippen molar-refractivity contribution in [3.63, 3.8) is 0 Å². The molecule has 2 aromatic heterocycles. The van der Waals surface area contributed by atoms with Crippen LogP contribution in [0, 0.1) is 0 Å². The fourth-order valence-corrected chi connectivity index (χ4v) is 1.52. The van der Waals surface area contributed by atoms with E-state index in [9.17, 15) is 4.79 Å². The summed E-state index contributed by atoms with van der Waals surface area (Å²) < 4.78 is 5.06. The van der Waals surface area contributed by atoms with Gasteiger partial charge in [-0.15, -0.1) is 11.3 Å². The van der Waals surface area contributed by atoms with Gasteiger partial charge >= 0.3 is 5.97 Å². The topological polar surface area (TPSA) is 39.2 Å². The van der Waals surface area contributed by atoms with Crippen molar-refractivity contribution < 1.29 is 9.53 Å². The summed E-state index contributed by atoms with van der Waals surface area (Å²) in [5.74, 6) is -0.423. The Morgan fingerprint density at radius 2 is 2.21 bits per heavy atom. The number of esters is 1. The molecule has 0 spiro atoms. The van der Waals surface area contributed by atoms with Gasteiger partial charge in [-0.1, -0.05) is 6.07 Å². The van der Waals surface area contributed by atoms with E-state index in [0.29, 0.717) is 10.8 Å². The quantitative estimate of drug-likeness (QED) is 0.706. The summed E-state index contributed by atoms with van der Waals surface area (Å²) in [6, 6.07) is 8.69. The largest absolute Gasteiger partial charge is 0.411 e. The highest BCUT2D eigenvalue weighted by Crippen LogP contribution is 2.19. The molecule has 0 unspecified atom stereocenters. The number of pyridine rings is 1. The molecule has 0 aromatic carbocycles. The molecule has 14 heavy (non-hydrogen) atoms. The molecule has 0 amide bonds. The minimum absolute atomic E-state index is 0.320. The van der Waals surface area contributed by atoms with E-state index < -0.39 is 5.97 Å². The Morgan fingerprint density at radius 1 is 1.29 bits per heavy atom. The molecule has 2 rings (SSSR count). The molecule has 0 bridgehead atoms. The van der Waals surface area contributed by atoms with E-state index in [1.165, 1.54) is 11.3 Å². The van der Waals surface area contributed by atoms with Crippen LogP contribution in [-0.4, -0.2) is 11.0 Å². The maximum absolute atomic E-state index is 11.4. The van der Waals surface area contributed by atoms with Crippen LogP contribution in [0.1, 0.15) is 10.5 Å². The Bertz CT molecular complexity index is 411. The molecule has 0 radical (unpaired) electrons. The predicted molar refractivity (Wildman–Crippen MR) is 53.5 cm³/mol. The number of hydrogen-bond donors (Lipinski definition) is 0. The lowest BCUT2D eigenvalue weighted by Crippen LogP contribution is -2.09. The van der Waals surface area contributed by atoms with Gasteiger partial charge in [0, 0.05) is 6.20 Å². The second-order valence-electron chi connectivity index (χ2n) is 2.54. The minimum atomic E-state index is -0.423. The van der Waals surface area contributed by atoms with E-state index in [1.807, 2.05) is 11.4 Å². The average molecular weight is 205 g/mol. The third kappa shape index (κ3) is 1.97. The van der Waals surface area contributed by atoms with Gasteiger partial charge in [0.15, 0.2) is 5.06 Å². The van der Waals surface area contributed by atoms with E-state index >= 15 is 0 Å². The highest BCUT2D eigenvalue weighted by Gasteiger charge is 2.08. The normalized spacial score (nSPS) is 9.71. The lowest BCUT2D eigenvalue weighted by molar-refractivity contribution is 0.0734. The molecule has 0 aliphatic rings. The maximum atomic E-state index is 11.4. The van der Waals surface area contributed by atoms with Crippen LogP contribution in [-0.2, 0) is 0 Å². The molecule has 0 saturated carbocycles. The summed E-state index contributed by atoms with van der Waals surface area (Å²) in [6.45, 7) is 0. The molecule has 0 fully saturated rings. The fraction of sp³-hybridized carbons (Fsp3) is 0. The molecule has 0 atom stereocenters. The lowest BCUT2D eigenvalue weighted by atomic mass is 10.4. The number of aromatic nitrogens is 1. The molecular formula is C10H7NO2S. The van der Waals surface area contributed by atoms with Crippen LogP contribution in [0.25, 0.3) is 0 Å². The first-order chi connectivity index (χ1) is 6.86. The summed E-state index contributed by atoms with van der Waals surface area (Å²) >= 11 is 1.38. The van der Waals surface area contributed by atoms with Crippen LogP contribution < -0.4 is 4.74 Å². The van der Waals surface area contributed by atoms with Crippen LogP contribution in [0.15, 0.2) is 41.9 Å². The maximum Gasteiger partial charge on any atom is 0.363 e. The van der Waals surface area contributed by atoms with Crippen molar-refractivity contribution >= 4 is 17.3 Å². The van der Waals surface area contributed by atoms with Crippen molar-refractivity contribution in [3.05, 3.63) is 47.6 Å². The Morgan fingerprint density at radius 3 is 2.86 bits per heavy atom. The zero-order valence-electron chi connectivity index (χ0n) is 7.21. The highest BCUT2D eigenvalue weighted by atomic mass is 32.1. The molecule has 0 N–H and O–H groups in total. The Labute approximate surface area is 85.0 Å². The van der Waals surface area contributed by atoms with Crippen molar-refractivity contribution in [3.8, 4) is 5.06 Å². The molecule has 0 aliphatic heterocycles. The number of carbonyl (C=O) groups is 1. The van der Waals surface area contributed by atoms with Crippen molar-refractivity contribution in [1.82, 2.24) is 4.98 Å². The smallest absolute Gasteiger partial charge is 0.363 e. The van der Waals surface area contributed by atoms with Gasteiger partial charge in [-0.3, -0.25) is 0 Å². The lowest BCUT2D eigenvalue weighted by Gasteiger charge is -1.99. The first kappa shape index (κ1) is 8.90. The molecule has 70 valence electrons. The Kier molecular flexibility index (Phi) is 2.55. The summed E-state index contributed by atoms with van der Waals surface area (Å²) in [5.41, 5.74) is 0.320. The highest BCUT2D eigenvalue weighted by molar-refractivity contribution is 7.11. The zero-order chi connectivity index (χ0) is 9.80. The van der Waals surface area contributed by atoms with Gasteiger partial charge in [0.25, 0.3) is 0 Å². The molecule has 0 aliphatic carbocycles. The first-order valence-corrected chi connectivity index (χ1v) is 4.91. The standard InChI is InChI=1S/C10H7NO2S/c12-10(8-4-1-2-6-11-8)13-9-5-3-7-14-9/h1-7H. The first-order valence-electron chi connectivity index (χ1n) is 4.03. The van der Waals surface area contributed by atoms with Crippen molar-refractivity contribution in [1.29, 1.82) is 0 Å². The van der Waals surface area contributed by atoms with Crippen molar-refractivity contribution in [2.45, 2.75) is 0 Å². The van der Waals surface area contributed by atoms with Gasteiger partial charge in [0.05, 0.1) is 0 Å². The van der Waals surface area contributed by atoms with Gasteiger partial charge in [-0.05, 0) is 29.6 Å². The van der Waals surface area contributed by atoms with E-state index in [1.54, 1.807) is 30.5 Å². The number of hydrogen-bond acceptors (Lipinski definition) is 4. The molecular weight excluding hydrogens is 198 g/mol. The fourth-order valence-electron chi connectivity index (χ4n) is 0.949. The molecule has 2 heterocycles. The van der Waals surface area contributed by atoms with Gasteiger partial charge in [-0.2, -0.15) is 0 Å². The van der Waals surface area contributed by atoms with E-state index in [4.69, 9.17) is 4.74 Å². The summed E-state index contributed by atoms with van der Waals surface area (Å²) in [4.78, 5) is 15.3. The molecule has 0 saturated heterocycles. The van der Waals surface area contributed by atoms with Crippen LogP contribution >= 0.6 is 11.3 Å². The van der Waals surface area contributed by atoms with Crippen LogP contribution in [0.3, 0.4) is 0 Å². The number of carbonyl (C=O) groups excluding carboxylic acids is 1. The number of rotatable bonds is 2. The van der Waals surface area contributed by atoms with Gasteiger partial charge in [0.1, 0.15) is 5.69 Å². The summed E-state index contributed by atoms with van der Waals surface area (Å²) in [5, 5.41) is 2.43. The monoisotopic (exact) mass is 205 g/mol. The number of thiophene rings is 1. The van der Waals surface area contributed by atoms with Gasteiger partial charge < -0.3 is 4.74 Å². The Hall–Kier alpha value is -1.68. The second-order valence-corrected chi connectivity index (χ2v) is 3.45. The minimum Gasteiger partial charge on any atom is -0.411 e. The Balaban J connectivity index is 2.11. The van der Waals surface area contributed by atoms with E-state index in [2.05, 4.69) is 4.98 Å². The molecule has 4 heteroatoms. The average Bonchev–Trinajstić information content (AvgIpc) is 2.72. The zero-order valence-corrected chi connectivity index (χ0v) is 8.03. The van der Waals surface area contributed by atoms with Crippen molar-refractivity contribution in [2.75, 3.05) is 0 Å². The molecule has 3 nitrogen and oxygen atoms in total. The SMILES string of the molecule is O=C(Oc1cccs1)c1ccccn1. The van der Waals surface area contributed by atoms with Crippen LogP contribution in [0.5, 0.6) is 5.06 Å². The summed E-state index contributed by atoms with van der Waals surface area (Å²) in [7, 11) is 0. The summed E-state index contributed by atoms with van der Waals surface area (Å²) in [6.07, 6.45) is 1.56. The second kappa shape index (κ2) is 4.02. The third-order valence-corrected chi connectivity index (χ3v) is 2.31. The van der Waals surface area contributed by atoms with Gasteiger partial charge in [-0.25, -0.2) is 9.78 Å². The number of ether oxygens (including phenoxy) is 1. The molecule has 2 aromatic rings.